The van der Waals surface area contributed by atoms with Crippen molar-refractivity contribution in [2.24, 2.45) is 0 Å². The molecular weight excluding hydrogens is 225 g/mol. The zero-order valence-corrected chi connectivity index (χ0v) is 9.07. The number of nitrogens with two attached hydrogens (primary N) is 1. The molecule has 1 heterocycles. The second kappa shape index (κ2) is 4.40. The van der Waals surface area contributed by atoms with Crippen LogP contribution in [0.1, 0.15) is 10.4 Å². The lowest BCUT2D eigenvalue weighted by molar-refractivity contribution is -0.123. The van der Waals surface area contributed by atoms with E-state index in [0.717, 1.165) is 6.07 Å². The topological polar surface area (TPSA) is 75.4 Å². The highest BCUT2D eigenvalue weighted by atomic mass is 19.1. The van der Waals surface area contributed by atoms with Crippen LogP contribution in [0.2, 0.25) is 0 Å². The molecule has 1 aliphatic rings. The molecule has 1 saturated heterocycles. The Morgan fingerprint density at radius 1 is 1.47 bits per heavy atom. The van der Waals surface area contributed by atoms with E-state index < -0.39 is 11.7 Å². The number of nitrogens with one attached hydrogen (secondary N) is 1. The molecule has 1 fully saturated rings. The van der Waals surface area contributed by atoms with Crippen LogP contribution in [0.4, 0.5) is 10.1 Å². The summed E-state index contributed by atoms with van der Waals surface area (Å²) in [6, 6.07) is 3.62. The summed E-state index contributed by atoms with van der Waals surface area (Å²) >= 11 is 0. The number of nitrogen functional groups attached to an aromatic ring is 1. The molecule has 2 rings (SSSR count). The van der Waals surface area contributed by atoms with Crippen LogP contribution in [0.5, 0.6) is 0 Å². The molecule has 1 aromatic rings. The van der Waals surface area contributed by atoms with Gasteiger partial charge in [-0.3, -0.25) is 9.59 Å². The van der Waals surface area contributed by atoms with Gasteiger partial charge in [0, 0.05) is 18.8 Å². The van der Waals surface area contributed by atoms with Crippen molar-refractivity contribution in [1.29, 1.82) is 0 Å². The van der Waals surface area contributed by atoms with Crippen molar-refractivity contribution in [2.45, 2.75) is 0 Å². The molecule has 0 aromatic heterocycles. The van der Waals surface area contributed by atoms with Gasteiger partial charge in [-0.2, -0.15) is 0 Å². The van der Waals surface area contributed by atoms with Gasteiger partial charge in [-0.05, 0) is 18.2 Å². The van der Waals surface area contributed by atoms with Gasteiger partial charge in [0.1, 0.15) is 5.82 Å². The number of anilines is 1. The van der Waals surface area contributed by atoms with E-state index in [1.165, 1.54) is 17.0 Å². The second-order valence-corrected chi connectivity index (χ2v) is 3.81. The minimum absolute atomic E-state index is 0.0191. The smallest absolute Gasteiger partial charge is 0.256 e. The first-order valence-corrected chi connectivity index (χ1v) is 5.19. The van der Waals surface area contributed by atoms with Crippen molar-refractivity contribution in [3.05, 3.63) is 29.6 Å². The fraction of sp³-hybridized carbons (Fsp3) is 0.273. The summed E-state index contributed by atoms with van der Waals surface area (Å²) in [5.74, 6) is -1.17. The van der Waals surface area contributed by atoms with Gasteiger partial charge in [0.2, 0.25) is 5.91 Å². The van der Waals surface area contributed by atoms with Crippen LogP contribution in [0.3, 0.4) is 0 Å². The first-order valence-electron chi connectivity index (χ1n) is 5.19. The van der Waals surface area contributed by atoms with Crippen molar-refractivity contribution in [3.63, 3.8) is 0 Å². The van der Waals surface area contributed by atoms with Crippen molar-refractivity contribution in [3.8, 4) is 0 Å². The van der Waals surface area contributed by atoms with Crippen LogP contribution in [0.15, 0.2) is 18.2 Å². The van der Waals surface area contributed by atoms with E-state index in [-0.39, 0.29) is 23.7 Å². The first-order chi connectivity index (χ1) is 8.08. The highest BCUT2D eigenvalue weighted by Gasteiger charge is 2.23. The Bertz CT molecular complexity index is 476. The Morgan fingerprint density at radius 2 is 2.24 bits per heavy atom. The average Bonchev–Trinajstić information content (AvgIpc) is 2.31. The van der Waals surface area contributed by atoms with Crippen LogP contribution >= 0.6 is 0 Å². The lowest BCUT2D eigenvalue weighted by Gasteiger charge is -2.27. The number of nitrogens with zero attached hydrogens (tertiary/aromatic N) is 1. The maximum absolute atomic E-state index is 13.0. The van der Waals surface area contributed by atoms with Crippen LogP contribution in [-0.2, 0) is 4.79 Å². The van der Waals surface area contributed by atoms with E-state index in [0.29, 0.717) is 13.1 Å². The monoisotopic (exact) mass is 237 g/mol. The van der Waals surface area contributed by atoms with Gasteiger partial charge in [-0.25, -0.2) is 4.39 Å². The predicted octanol–water partition coefficient (Wildman–Crippen LogP) is -0.0201. The van der Waals surface area contributed by atoms with Gasteiger partial charge in [0.15, 0.2) is 0 Å². The predicted molar refractivity (Wildman–Crippen MR) is 59.7 cm³/mol. The molecule has 0 radical (unpaired) electrons. The minimum Gasteiger partial charge on any atom is -0.398 e. The zero-order valence-electron chi connectivity index (χ0n) is 9.07. The Morgan fingerprint density at radius 3 is 2.94 bits per heavy atom. The summed E-state index contributed by atoms with van der Waals surface area (Å²) in [6.45, 7) is 0.787. The zero-order chi connectivity index (χ0) is 12.4. The average molecular weight is 237 g/mol. The SMILES string of the molecule is Nc1ccc(F)cc1C(=O)N1CCNC(=O)C1. The number of carbonyl (C=O) groups is 2. The lowest BCUT2D eigenvalue weighted by Crippen LogP contribution is -2.50. The van der Waals surface area contributed by atoms with E-state index in [4.69, 9.17) is 5.73 Å². The Kier molecular flexibility index (Phi) is 2.95. The third kappa shape index (κ3) is 2.35. The fourth-order valence-electron chi connectivity index (χ4n) is 1.70. The van der Waals surface area contributed by atoms with Gasteiger partial charge in [0.05, 0.1) is 12.1 Å². The second-order valence-electron chi connectivity index (χ2n) is 3.81. The summed E-state index contributed by atoms with van der Waals surface area (Å²) in [6.07, 6.45) is 0. The summed E-state index contributed by atoms with van der Waals surface area (Å²) in [5.41, 5.74) is 5.92. The molecule has 2 amide bonds. The van der Waals surface area contributed by atoms with Crippen LogP contribution in [-0.4, -0.2) is 36.3 Å². The molecule has 1 aromatic carbocycles. The fourth-order valence-corrected chi connectivity index (χ4v) is 1.70. The van der Waals surface area contributed by atoms with Crippen molar-refractivity contribution in [2.75, 3.05) is 25.4 Å². The molecule has 0 aliphatic carbocycles. The molecule has 0 saturated carbocycles. The van der Waals surface area contributed by atoms with E-state index >= 15 is 0 Å². The number of benzene rings is 1. The van der Waals surface area contributed by atoms with Crippen molar-refractivity contribution < 1.29 is 14.0 Å². The van der Waals surface area contributed by atoms with Crippen molar-refractivity contribution >= 4 is 17.5 Å². The maximum atomic E-state index is 13.0. The Labute approximate surface area is 97.4 Å². The standard InChI is InChI=1S/C11H12FN3O2/c12-7-1-2-9(13)8(5-7)11(17)15-4-3-14-10(16)6-15/h1-2,5H,3-4,6,13H2,(H,14,16). The van der Waals surface area contributed by atoms with Gasteiger partial charge in [-0.1, -0.05) is 0 Å². The molecule has 3 N–H and O–H groups in total. The lowest BCUT2D eigenvalue weighted by atomic mass is 10.1. The number of amides is 2. The molecule has 6 heteroatoms. The number of hydrogen-bond donors (Lipinski definition) is 2. The summed E-state index contributed by atoms with van der Waals surface area (Å²) in [5, 5.41) is 2.61. The third-order valence-electron chi connectivity index (χ3n) is 2.57. The molecule has 0 bridgehead atoms. The molecule has 0 spiro atoms. The molecule has 1 aliphatic heterocycles. The molecule has 0 unspecified atom stereocenters. The molecule has 17 heavy (non-hydrogen) atoms. The molecule has 5 nitrogen and oxygen atoms in total. The van der Waals surface area contributed by atoms with E-state index in [9.17, 15) is 14.0 Å². The number of halogens is 1. The minimum atomic E-state index is -0.524. The van der Waals surface area contributed by atoms with Gasteiger partial charge >= 0.3 is 0 Å². The van der Waals surface area contributed by atoms with Gasteiger partial charge < -0.3 is 16.0 Å². The Balaban J connectivity index is 2.24. The van der Waals surface area contributed by atoms with E-state index in [2.05, 4.69) is 5.32 Å². The highest BCUT2D eigenvalue weighted by Crippen LogP contribution is 2.16. The summed E-state index contributed by atoms with van der Waals surface area (Å²) in [7, 11) is 0. The van der Waals surface area contributed by atoms with Crippen LogP contribution < -0.4 is 11.1 Å². The number of carbonyl (C=O) groups excluding carboxylic acids is 2. The normalized spacial score (nSPS) is 15.6. The summed E-state index contributed by atoms with van der Waals surface area (Å²) in [4.78, 5) is 24.5. The van der Waals surface area contributed by atoms with Gasteiger partial charge in [-0.15, -0.1) is 0 Å². The van der Waals surface area contributed by atoms with Crippen LogP contribution in [0, 0.1) is 5.82 Å². The van der Waals surface area contributed by atoms with E-state index in [1.807, 2.05) is 0 Å². The number of hydrogen-bond acceptors (Lipinski definition) is 3. The summed E-state index contributed by atoms with van der Waals surface area (Å²) < 4.78 is 13.0. The highest BCUT2D eigenvalue weighted by molar-refractivity contribution is 6.01. The molecule has 0 atom stereocenters. The van der Waals surface area contributed by atoms with Crippen LogP contribution in [0.25, 0.3) is 0 Å². The maximum Gasteiger partial charge on any atom is 0.256 e. The quantitative estimate of drug-likeness (QED) is 0.674. The Hall–Kier alpha value is -2.11. The first kappa shape index (κ1) is 11.4. The van der Waals surface area contributed by atoms with E-state index in [1.54, 1.807) is 0 Å². The third-order valence-corrected chi connectivity index (χ3v) is 2.57. The van der Waals surface area contributed by atoms with Gasteiger partial charge in [0.25, 0.3) is 5.91 Å². The number of rotatable bonds is 1. The molecule has 90 valence electrons. The largest absolute Gasteiger partial charge is 0.398 e. The van der Waals surface area contributed by atoms with Crippen molar-refractivity contribution in [1.82, 2.24) is 10.2 Å². The number of piperazine rings is 1. The molecular formula is C11H12FN3O2.